The predicted octanol–water partition coefficient (Wildman–Crippen LogP) is 2.66. The van der Waals surface area contributed by atoms with Crippen LogP contribution < -0.4 is 5.73 Å². The van der Waals surface area contributed by atoms with Crippen molar-refractivity contribution in [3.05, 3.63) is 59.2 Å². The van der Waals surface area contributed by atoms with Gasteiger partial charge in [-0.25, -0.2) is 8.42 Å². The van der Waals surface area contributed by atoms with E-state index in [2.05, 4.69) is 6.07 Å². The van der Waals surface area contributed by atoms with E-state index < -0.39 is 9.84 Å². The van der Waals surface area contributed by atoms with Gasteiger partial charge in [0.1, 0.15) is 0 Å². The molecule has 0 spiro atoms. The van der Waals surface area contributed by atoms with E-state index in [9.17, 15) is 8.42 Å². The molecule has 0 atom stereocenters. The first-order valence-corrected chi connectivity index (χ1v) is 7.60. The van der Waals surface area contributed by atoms with E-state index >= 15 is 0 Å². The Morgan fingerprint density at radius 1 is 1.11 bits per heavy atom. The van der Waals surface area contributed by atoms with Gasteiger partial charge < -0.3 is 5.73 Å². The van der Waals surface area contributed by atoms with Gasteiger partial charge in [0.25, 0.3) is 0 Å². The number of benzene rings is 2. The van der Waals surface area contributed by atoms with Crippen LogP contribution in [0.25, 0.3) is 0 Å². The van der Waals surface area contributed by atoms with Crippen LogP contribution in [0.3, 0.4) is 0 Å². The van der Waals surface area contributed by atoms with Gasteiger partial charge in [-0.2, -0.15) is 0 Å². The molecule has 2 aromatic carbocycles. The average Bonchev–Trinajstić information content (AvgIpc) is 2.33. The van der Waals surface area contributed by atoms with Crippen LogP contribution in [0, 0.1) is 19.9 Å². The fourth-order valence-corrected chi connectivity index (χ4v) is 3.30. The third kappa shape index (κ3) is 3.15. The number of sulfone groups is 1. The molecule has 2 N–H and O–H groups in total. The molecule has 0 aliphatic rings. The molecule has 1 radical (unpaired) electrons. The lowest BCUT2D eigenvalue weighted by Gasteiger charge is -2.08. The monoisotopic (exact) mass is 274 g/mol. The Bertz CT molecular complexity index is 706. The normalized spacial score (nSPS) is 11.5. The van der Waals surface area contributed by atoms with Gasteiger partial charge in [-0.1, -0.05) is 24.3 Å². The van der Waals surface area contributed by atoms with Crippen molar-refractivity contribution in [2.45, 2.75) is 24.5 Å². The number of hydrogen-bond acceptors (Lipinski definition) is 3. The van der Waals surface area contributed by atoms with Gasteiger partial charge in [0.2, 0.25) is 0 Å². The molecule has 3 nitrogen and oxygen atoms in total. The molecule has 0 amide bonds. The quantitative estimate of drug-likeness (QED) is 0.875. The first-order chi connectivity index (χ1) is 8.88. The third-order valence-electron chi connectivity index (χ3n) is 2.91. The van der Waals surface area contributed by atoms with Crippen LogP contribution in [0.15, 0.2) is 41.3 Å². The molecule has 99 valence electrons. The van der Waals surface area contributed by atoms with Crippen molar-refractivity contribution in [2.75, 3.05) is 5.73 Å². The minimum atomic E-state index is -3.41. The Labute approximate surface area is 114 Å². The predicted molar refractivity (Wildman–Crippen MR) is 76.5 cm³/mol. The summed E-state index contributed by atoms with van der Waals surface area (Å²) in [4.78, 5) is 0.215. The van der Waals surface area contributed by atoms with E-state index in [1.807, 2.05) is 26.0 Å². The lowest BCUT2D eigenvalue weighted by Crippen LogP contribution is -2.07. The summed E-state index contributed by atoms with van der Waals surface area (Å²) < 4.78 is 24.6. The molecule has 0 saturated carbocycles. The zero-order valence-electron chi connectivity index (χ0n) is 11.0. The van der Waals surface area contributed by atoms with Crippen molar-refractivity contribution in [1.29, 1.82) is 0 Å². The number of hydrogen-bond donors (Lipinski definition) is 1. The lowest BCUT2D eigenvalue weighted by molar-refractivity contribution is 0.595. The number of nitrogens with two attached hydrogens (primary N) is 1. The summed E-state index contributed by atoms with van der Waals surface area (Å²) in [5, 5.41) is 0. The van der Waals surface area contributed by atoms with Crippen molar-refractivity contribution in [3.63, 3.8) is 0 Å². The fourth-order valence-electron chi connectivity index (χ4n) is 1.86. The zero-order chi connectivity index (χ0) is 14.0. The van der Waals surface area contributed by atoms with Crippen LogP contribution in [0.2, 0.25) is 0 Å². The third-order valence-corrected chi connectivity index (χ3v) is 4.51. The van der Waals surface area contributed by atoms with E-state index in [1.165, 1.54) is 0 Å². The van der Waals surface area contributed by atoms with E-state index in [1.54, 1.807) is 24.3 Å². The molecule has 4 heteroatoms. The minimum Gasteiger partial charge on any atom is -0.398 e. The fraction of sp³-hybridized carbons (Fsp3) is 0.200. The van der Waals surface area contributed by atoms with Crippen molar-refractivity contribution >= 4 is 15.5 Å². The van der Waals surface area contributed by atoms with Crippen molar-refractivity contribution < 1.29 is 8.42 Å². The number of aryl methyl sites for hydroxylation is 2. The van der Waals surface area contributed by atoms with Gasteiger partial charge in [-0.15, -0.1) is 0 Å². The molecule has 19 heavy (non-hydrogen) atoms. The van der Waals surface area contributed by atoms with Crippen LogP contribution >= 0.6 is 0 Å². The van der Waals surface area contributed by atoms with Crippen LogP contribution in [-0.4, -0.2) is 8.42 Å². The molecule has 0 heterocycles. The maximum atomic E-state index is 12.3. The summed E-state index contributed by atoms with van der Waals surface area (Å²) >= 11 is 0. The maximum absolute atomic E-state index is 12.3. The standard InChI is InChI=1S/C15H16NO2S/c1-11-4-3-5-14(8-11)19(17,18)10-13-7-6-12(2)9-15(13)16/h3-4,6-9H,10,16H2,1-2H3. The smallest absolute Gasteiger partial charge is 0.183 e. The molecule has 0 aromatic heterocycles. The molecule has 0 aliphatic carbocycles. The van der Waals surface area contributed by atoms with E-state index in [-0.39, 0.29) is 10.6 Å². The molecule has 2 aromatic rings. The van der Waals surface area contributed by atoms with Crippen LogP contribution in [-0.2, 0) is 15.6 Å². The largest absolute Gasteiger partial charge is 0.398 e. The van der Waals surface area contributed by atoms with Gasteiger partial charge in [0, 0.05) is 11.8 Å². The molecular formula is C15H16NO2S. The van der Waals surface area contributed by atoms with Gasteiger partial charge >= 0.3 is 0 Å². The molecule has 0 saturated heterocycles. The average molecular weight is 274 g/mol. The summed E-state index contributed by atoms with van der Waals surface area (Å²) in [5.41, 5.74) is 8.91. The summed E-state index contributed by atoms with van der Waals surface area (Å²) in [6.07, 6.45) is 0. The second-order valence-corrected chi connectivity index (χ2v) is 6.65. The molecule has 0 aliphatic heterocycles. The van der Waals surface area contributed by atoms with Gasteiger partial charge in [0.15, 0.2) is 9.84 Å². The zero-order valence-corrected chi connectivity index (χ0v) is 11.8. The highest BCUT2D eigenvalue weighted by Gasteiger charge is 2.17. The Hall–Kier alpha value is -1.81. The van der Waals surface area contributed by atoms with Gasteiger partial charge in [0.05, 0.1) is 10.6 Å². The minimum absolute atomic E-state index is 0.0981. The number of nitrogen functional groups attached to an aromatic ring is 1. The molecular weight excluding hydrogens is 258 g/mol. The van der Waals surface area contributed by atoms with Crippen molar-refractivity contribution in [1.82, 2.24) is 0 Å². The van der Waals surface area contributed by atoms with Gasteiger partial charge in [-0.05, 0) is 42.7 Å². The van der Waals surface area contributed by atoms with E-state index in [0.29, 0.717) is 11.3 Å². The van der Waals surface area contributed by atoms with E-state index in [4.69, 9.17) is 5.73 Å². The summed E-state index contributed by atoms with van der Waals surface area (Å²) in [6, 6.07) is 13.2. The summed E-state index contributed by atoms with van der Waals surface area (Å²) in [6.45, 7) is 3.77. The summed E-state index contributed by atoms with van der Waals surface area (Å²) in [7, 11) is -3.41. The molecule has 0 fully saturated rings. The van der Waals surface area contributed by atoms with Crippen LogP contribution in [0.4, 0.5) is 5.69 Å². The molecule has 2 rings (SSSR count). The van der Waals surface area contributed by atoms with E-state index in [0.717, 1.165) is 11.1 Å². The lowest BCUT2D eigenvalue weighted by atomic mass is 10.1. The first kappa shape index (κ1) is 13.6. The number of anilines is 1. The molecule has 0 bridgehead atoms. The van der Waals surface area contributed by atoms with Crippen LogP contribution in [0.1, 0.15) is 16.7 Å². The highest BCUT2D eigenvalue weighted by atomic mass is 32.2. The second-order valence-electron chi connectivity index (χ2n) is 4.69. The first-order valence-electron chi connectivity index (χ1n) is 5.94. The van der Waals surface area contributed by atoms with Crippen molar-refractivity contribution in [3.8, 4) is 0 Å². The second kappa shape index (κ2) is 5.05. The van der Waals surface area contributed by atoms with Crippen molar-refractivity contribution in [2.24, 2.45) is 0 Å². The molecule has 0 unspecified atom stereocenters. The highest BCUT2D eigenvalue weighted by Crippen LogP contribution is 2.21. The Morgan fingerprint density at radius 2 is 1.79 bits per heavy atom. The summed E-state index contributed by atoms with van der Waals surface area (Å²) in [5.74, 6) is -0.0981. The van der Waals surface area contributed by atoms with Gasteiger partial charge in [-0.3, -0.25) is 0 Å². The Balaban J connectivity index is 2.36. The highest BCUT2D eigenvalue weighted by molar-refractivity contribution is 7.90. The Morgan fingerprint density at radius 3 is 2.42 bits per heavy atom. The maximum Gasteiger partial charge on any atom is 0.183 e. The van der Waals surface area contributed by atoms with Crippen LogP contribution in [0.5, 0.6) is 0 Å². The topological polar surface area (TPSA) is 60.2 Å². The SMILES string of the molecule is Cc1cc[c]c(S(=O)(=O)Cc2ccc(C)cc2N)c1. The number of rotatable bonds is 3. The Kier molecular flexibility index (Phi) is 3.62.